The Labute approximate surface area is 129 Å². The molecule has 0 aromatic heterocycles. The lowest BCUT2D eigenvalue weighted by atomic mass is 10.1. The Bertz CT molecular complexity index is 615. The van der Waals surface area contributed by atoms with Crippen molar-refractivity contribution >= 4 is 27.6 Å². The van der Waals surface area contributed by atoms with E-state index >= 15 is 0 Å². The van der Waals surface area contributed by atoms with E-state index in [1.165, 1.54) is 0 Å². The standard InChI is InChI=1S/C14H19NO4S2/c1-2-21(18,19)13-10-20-8-7-15(13)9-11-5-3-4-6-12(11)14(16)17/h3-6,13H,2,7-10H2,1H3,(H,16,17). The Morgan fingerprint density at radius 1 is 1.43 bits per heavy atom. The molecule has 1 saturated heterocycles. The van der Waals surface area contributed by atoms with Gasteiger partial charge in [-0.25, -0.2) is 13.2 Å². The zero-order chi connectivity index (χ0) is 15.5. The lowest BCUT2D eigenvalue weighted by molar-refractivity contribution is 0.0694. The molecule has 1 heterocycles. The molecule has 1 fully saturated rings. The third-order valence-corrected chi connectivity index (χ3v) is 6.96. The van der Waals surface area contributed by atoms with Gasteiger partial charge in [0, 0.05) is 30.3 Å². The molecule has 0 bridgehead atoms. The normalized spacial score (nSPS) is 20.3. The van der Waals surface area contributed by atoms with Crippen molar-refractivity contribution in [3.63, 3.8) is 0 Å². The fourth-order valence-corrected chi connectivity index (χ4v) is 5.48. The second-order valence-electron chi connectivity index (χ2n) is 4.91. The molecule has 0 aliphatic carbocycles. The Kier molecular flexibility index (Phi) is 5.29. The maximum atomic E-state index is 12.2. The molecule has 1 aromatic rings. The van der Waals surface area contributed by atoms with Crippen molar-refractivity contribution in [1.29, 1.82) is 0 Å². The van der Waals surface area contributed by atoms with E-state index < -0.39 is 21.2 Å². The van der Waals surface area contributed by atoms with Crippen LogP contribution in [0.2, 0.25) is 0 Å². The Morgan fingerprint density at radius 2 is 2.14 bits per heavy atom. The summed E-state index contributed by atoms with van der Waals surface area (Å²) in [6.07, 6.45) is 0. The van der Waals surface area contributed by atoms with Gasteiger partial charge in [-0.1, -0.05) is 25.1 Å². The van der Waals surface area contributed by atoms with Crippen molar-refractivity contribution in [3.8, 4) is 0 Å². The SMILES string of the molecule is CCS(=O)(=O)C1CSCCN1Cc1ccccc1C(=O)O. The molecule has 2 rings (SSSR count). The highest BCUT2D eigenvalue weighted by molar-refractivity contribution is 8.01. The molecule has 1 aliphatic heterocycles. The first-order chi connectivity index (χ1) is 9.95. The van der Waals surface area contributed by atoms with Crippen LogP contribution < -0.4 is 0 Å². The topological polar surface area (TPSA) is 74.7 Å². The molecule has 0 spiro atoms. The summed E-state index contributed by atoms with van der Waals surface area (Å²) < 4.78 is 24.4. The Balaban J connectivity index is 2.26. The molecule has 116 valence electrons. The summed E-state index contributed by atoms with van der Waals surface area (Å²) in [5, 5.41) is 8.70. The summed E-state index contributed by atoms with van der Waals surface area (Å²) in [5.74, 6) is 0.540. The van der Waals surface area contributed by atoms with Gasteiger partial charge in [-0.05, 0) is 11.6 Å². The average molecular weight is 329 g/mol. The average Bonchev–Trinajstić information content (AvgIpc) is 2.48. The molecular formula is C14H19NO4S2. The molecule has 21 heavy (non-hydrogen) atoms. The van der Waals surface area contributed by atoms with Crippen LogP contribution in [-0.2, 0) is 16.4 Å². The summed E-state index contributed by atoms with van der Waals surface area (Å²) in [6.45, 7) is 2.66. The number of thioether (sulfide) groups is 1. The zero-order valence-corrected chi connectivity index (χ0v) is 13.5. The molecule has 0 amide bonds. The number of sulfone groups is 1. The minimum atomic E-state index is -3.17. The molecular weight excluding hydrogens is 310 g/mol. The number of carbonyl (C=O) groups is 1. The van der Waals surface area contributed by atoms with Crippen molar-refractivity contribution in [2.45, 2.75) is 18.8 Å². The first-order valence-corrected chi connectivity index (χ1v) is 9.67. The number of benzene rings is 1. The van der Waals surface area contributed by atoms with Crippen LogP contribution in [0.3, 0.4) is 0 Å². The molecule has 7 heteroatoms. The van der Waals surface area contributed by atoms with Crippen molar-refractivity contribution < 1.29 is 18.3 Å². The molecule has 1 unspecified atom stereocenters. The van der Waals surface area contributed by atoms with E-state index in [4.69, 9.17) is 0 Å². The van der Waals surface area contributed by atoms with Crippen LogP contribution in [-0.4, -0.2) is 53.6 Å². The highest BCUT2D eigenvalue weighted by atomic mass is 32.2. The molecule has 1 atom stereocenters. The number of hydrogen-bond donors (Lipinski definition) is 1. The van der Waals surface area contributed by atoms with Crippen molar-refractivity contribution in [1.82, 2.24) is 4.90 Å². The lowest BCUT2D eigenvalue weighted by Crippen LogP contribution is -2.47. The minimum absolute atomic E-state index is 0.106. The third-order valence-electron chi connectivity index (χ3n) is 3.63. The van der Waals surface area contributed by atoms with E-state index in [1.54, 1.807) is 43.0 Å². The summed E-state index contributed by atoms with van der Waals surface area (Å²) in [7, 11) is -3.17. The number of nitrogens with zero attached hydrogens (tertiary/aromatic N) is 1. The maximum Gasteiger partial charge on any atom is 0.336 e. The molecule has 0 saturated carbocycles. The van der Waals surface area contributed by atoms with Gasteiger partial charge in [0.2, 0.25) is 0 Å². The van der Waals surface area contributed by atoms with Gasteiger partial charge in [-0.2, -0.15) is 11.8 Å². The Morgan fingerprint density at radius 3 is 2.81 bits per heavy atom. The summed E-state index contributed by atoms with van der Waals surface area (Å²) in [6, 6.07) is 6.77. The van der Waals surface area contributed by atoms with E-state index in [2.05, 4.69) is 0 Å². The van der Waals surface area contributed by atoms with Crippen LogP contribution in [0.4, 0.5) is 0 Å². The molecule has 1 aromatic carbocycles. The zero-order valence-electron chi connectivity index (χ0n) is 11.9. The number of carboxylic acids is 1. The van der Waals surface area contributed by atoms with Crippen molar-refractivity contribution in [2.75, 3.05) is 23.8 Å². The third kappa shape index (κ3) is 3.78. The quantitative estimate of drug-likeness (QED) is 0.886. The van der Waals surface area contributed by atoms with Gasteiger partial charge in [0.15, 0.2) is 9.84 Å². The summed E-state index contributed by atoms with van der Waals surface area (Å²) >= 11 is 1.63. The second-order valence-corrected chi connectivity index (χ2v) is 8.51. The van der Waals surface area contributed by atoms with Crippen LogP contribution in [0.1, 0.15) is 22.8 Å². The molecule has 1 N–H and O–H groups in total. The second kappa shape index (κ2) is 6.81. The van der Waals surface area contributed by atoms with Gasteiger partial charge >= 0.3 is 5.97 Å². The van der Waals surface area contributed by atoms with Gasteiger partial charge in [0.25, 0.3) is 0 Å². The maximum absolute atomic E-state index is 12.2. The van der Waals surface area contributed by atoms with Crippen LogP contribution in [0.5, 0.6) is 0 Å². The van der Waals surface area contributed by atoms with E-state index in [-0.39, 0.29) is 11.3 Å². The van der Waals surface area contributed by atoms with Gasteiger partial charge in [-0.15, -0.1) is 0 Å². The fraction of sp³-hybridized carbons (Fsp3) is 0.500. The van der Waals surface area contributed by atoms with E-state index in [1.807, 2.05) is 4.90 Å². The predicted molar refractivity (Wildman–Crippen MR) is 84.4 cm³/mol. The van der Waals surface area contributed by atoms with Crippen LogP contribution >= 0.6 is 11.8 Å². The molecule has 1 aliphatic rings. The molecule has 5 nitrogen and oxygen atoms in total. The number of carboxylic acid groups (broad SMARTS) is 1. The smallest absolute Gasteiger partial charge is 0.336 e. The van der Waals surface area contributed by atoms with Gasteiger partial charge < -0.3 is 5.11 Å². The number of aromatic carboxylic acids is 1. The van der Waals surface area contributed by atoms with Crippen LogP contribution in [0.15, 0.2) is 24.3 Å². The largest absolute Gasteiger partial charge is 0.478 e. The van der Waals surface area contributed by atoms with Crippen LogP contribution in [0, 0.1) is 0 Å². The van der Waals surface area contributed by atoms with Crippen LogP contribution in [0.25, 0.3) is 0 Å². The highest BCUT2D eigenvalue weighted by Crippen LogP contribution is 2.24. The fourth-order valence-electron chi connectivity index (χ4n) is 2.41. The summed E-state index contributed by atoms with van der Waals surface area (Å²) in [4.78, 5) is 13.1. The summed E-state index contributed by atoms with van der Waals surface area (Å²) in [5.41, 5.74) is 0.900. The first-order valence-electron chi connectivity index (χ1n) is 6.80. The lowest BCUT2D eigenvalue weighted by Gasteiger charge is -2.34. The predicted octanol–water partition coefficient (Wildman–Crippen LogP) is 1.69. The monoisotopic (exact) mass is 329 g/mol. The minimum Gasteiger partial charge on any atom is -0.478 e. The van der Waals surface area contributed by atoms with E-state index in [9.17, 15) is 18.3 Å². The van der Waals surface area contributed by atoms with Gasteiger partial charge in [0.1, 0.15) is 5.37 Å². The van der Waals surface area contributed by atoms with E-state index in [0.29, 0.717) is 24.4 Å². The van der Waals surface area contributed by atoms with Gasteiger partial charge in [-0.3, -0.25) is 4.90 Å². The van der Waals surface area contributed by atoms with Crippen molar-refractivity contribution in [3.05, 3.63) is 35.4 Å². The Hall–Kier alpha value is -1.05. The highest BCUT2D eigenvalue weighted by Gasteiger charge is 2.33. The van der Waals surface area contributed by atoms with Gasteiger partial charge in [0.05, 0.1) is 5.56 Å². The van der Waals surface area contributed by atoms with Crippen molar-refractivity contribution in [2.24, 2.45) is 0 Å². The number of hydrogen-bond acceptors (Lipinski definition) is 5. The molecule has 0 radical (unpaired) electrons. The first kappa shape index (κ1) is 16.3. The number of rotatable bonds is 5. The van der Waals surface area contributed by atoms with E-state index in [0.717, 1.165) is 5.75 Å².